The molecule has 1 aromatic carbocycles. The Bertz CT molecular complexity index is 874. The average Bonchev–Trinajstić information content (AvgIpc) is 2.96. The van der Waals surface area contributed by atoms with Crippen LogP contribution in [0.15, 0.2) is 36.4 Å². The number of fused-ring (bicyclic) bond motifs is 1. The number of likely N-dealkylation sites (N-methyl/N-ethyl adjacent to an activating group) is 1. The molecule has 2 fully saturated rings. The fraction of sp³-hybridized carbons (Fsp3) is 0.450. The number of para-hydroxylation sites is 1. The van der Waals surface area contributed by atoms with E-state index in [2.05, 4.69) is 10.3 Å². The molecule has 2 saturated heterocycles. The maximum atomic E-state index is 12.6. The topological polar surface area (TPSA) is 74.8 Å². The van der Waals surface area contributed by atoms with Gasteiger partial charge in [-0.05, 0) is 25.2 Å². The Morgan fingerprint density at radius 3 is 2.69 bits per heavy atom. The second-order valence-corrected chi connectivity index (χ2v) is 7.40. The van der Waals surface area contributed by atoms with Gasteiger partial charge in [-0.1, -0.05) is 24.3 Å². The number of pyridine rings is 1. The molecule has 158 valence electrons. The number of hydrogen-bond donors (Lipinski definition) is 1. The molecule has 0 bridgehead atoms. The zero-order chi connectivity index (χ0) is 18.9. The van der Waals surface area contributed by atoms with Gasteiger partial charge in [0.2, 0.25) is 5.91 Å². The Labute approximate surface area is 182 Å². The number of carbonyl (C=O) groups excluding carboxylic acids is 2. The van der Waals surface area contributed by atoms with Crippen LogP contribution < -0.4 is 5.32 Å². The lowest BCUT2D eigenvalue weighted by Gasteiger charge is -2.31. The van der Waals surface area contributed by atoms with Crippen LogP contribution in [-0.2, 0) is 16.1 Å². The van der Waals surface area contributed by atoms with E-state index in [-0.39, 0.29) is 43.4 Å². The number of nitrogens with zero attached hydrogens (tertiary/aromatic N) is 3. The summed E-state index contributed by atoms with van der Waals surface area (Å²) in [5.41, 5.74) is 1.30. The van der Waals surface area contributed by atoms with Crippen LogP contribution in [0, 0.1) is 0 Å². The molecule has 2 aliphatic rings. The summed E-state index contributed by atoms with van der Waals surface area (Å²) in [5, 5.41) is 4.34. The number of rotatable bonds is 4. The maximum absolute atomic E-state index is 12.6. The molecule has 1 aromatic heterocycles. The Hall–Kier alpha value is -2.09. The first-order valence-corrected chi connectivity index (χ1v) is 9.32. The van der Waals surface area contributed by atoms with Crippen LogP contribution in [0.1, 0.15) is 18.5 Å². The van der Waals surface area contributed by atoms with Crippen LogP contribution in [0.3, 0.4) is 0 Å². The predicted octanol–water partition coefficient (Wildman–Crippen LogP) is 2.61. The van der Waals surface area contributed by atoms with Crippen molar-refractivity contribution in [3.8, 4) is 0 Å². The zero-order valence-corrected chi connectivity index (χ0v) is 17.9. The highest BCUT2D eigenvalue weighted by atomic mass is 35.5. The van der Waals surface area contributed by atoms with E-state index in [1.807, 2.05) is 36.4 Å². The fourth-order valence-electron chi connectivity index (χ4n) is 3.77. The summed E-state index contributed by atoms with van der Waals surface area (Å²) in [6.07, 6.45) is 1.20. The largest absolute Gasteiger partial charge is 0.441 e. The number of aromatic nitrogens is 1. The van der Waals surface area contributed by atoms with Gasteiger partial charge in [0.25, 0.3) is 0 Å². The van der Waals surface area contributed by atoms with Crippen molar-refractivity contribution in [1.82, 2.24) is 20.1 Å². The number of piperidine rings is 1. The van der Waals surface area contributed by atoms with Gasteiger partial charge in [0.05, 0.1) is 24.3 Å². The third-order valence-corrected chi connectivity index (χ3v) is 5.36. The number of hydrogen-bond acceptors (Lipinski definition) is 5. The molecule has 0 atom stereocenters. The molecular formula is C20H26Cl2N4O3. The Balaban J connectivity index is 0.00000150. The lowest BCUT2D eigenvalue weighted by molar-refractivity contribution is -0.131. The monoisotopic (exact) mass is 440 g/mol. The van der Waals surface area contributed by atoms with Crippen LogP contribution in [0.25, 0.3) is 10.9 Å². The van der Waals surface area contributed by atoms with Crippen molar-refractivity contribution in [2.24, 2.45) is 0 Å². The molecule has 4 rings (SSSR count). The second-order valence-electron chi connectivity index (χ2n) is 7.40. The van der Waals surface area contributed by atoms with Crippen molar-refractivity contribution in [1.29, 1.82) is 0 Å². The highest BCUT2D eigenvalue weighted by molar-refractivity contribution is 5.86. The summed E-state index contributed by atoms with van der Waals surface area (Å²) < 4.78 is 5.61. The Morgan fingerprint density at radius 1 is 1.21 bits per heavy atom. The van der Waals surface area contributed by atoms with Crippen molar-refractivity contribution < 1.29 is 14.3 Å². The normalized spacial score (nSPS) is 17.4. The first-order chi connectivity index (χ1) is 13.0. The van der Waals surface area contributed by atoms with Crippen LogP contribution in [0.2, 0.25) is 0 Å². The van der Waals surface area contributed by atoms with Gasteiger partial charge in [-0.2, -0.15) is 0 Å². The molecule has 29 heavy (non-hydrogen) atoms. The zero-order valence-electron chi connectivity index (χ0n) is 16.3. The minimum atomic E-state index is -0.429. The molecule has 0 unspecified atom stereocenters. The van der Waals surface area contributed by atoms with Crippen molar-refractivity contribution in [2.75, 3.05) is 33.2 Å². The summed E-state index contributed by atoms with van der Waals surface area (Å²) >= 11 is 0. The molecule has 0 aliphatic carbocycles. The number of ether oxygens (including phenoxy) is 1. The maximum Gasteiger partial charge on any atom is 0.410 e. The van der Waals surface area contributed by atoms with Gasteiger partial charge in [-0.25, -0.2) is 4.79 Å². The van der Waals surface area contributed by atoms with E-state index < -0.39 is 5.60 Å². The van der Waals surface area contributed by atoms with Crippen LogP contribution in [0.5, 0.6) is 0 Å². The second kappa shape index (κ2) is 9.61. The Morgan fingerprint density at radius 2 is 1.93 bits per heavy atom. The smallest absolute Gasteiger partial charge is 0.410 e. The van der Waals surface area contributed by atoms with E-state index in [0.717, 1.165) is 42.5 Å². The molecule has 1 spiro atoms. The third-order valence-electron chi connectivity index (χ3n) is 5.36. The minimum absolute atomic E-state index is 0. The molecular weight excluding hydrogens is 415 g/mol. The van der Waals surface area contributed by atoms with E-state index >= 15 is 0 Å². The Kier molecular flexibility index (Phi) is 7.68. The molecule has 0 radical (unpaired) electrons. The highest BCUT2D eigenvalue weighted by Gasteiger charge is 2.46. The van der Waals surface area contributed by atoms with Gasteiger partial charge in [-0.15, -0.1) is 24.8 Å². The van der Waals surface area contributed by atoms with Gasteiger partial charge in [0.1, 0.15) is 12.1 Å². The standard InChI is InChI=1S/C20H24N4O3.2ClH/c1-23(12-16-7-6-15-4-2-3-5-17(15)22-16)18(25)13-24-14-20(27-19(24)26)8-10-21-11-9-20;;/h2-7,21H,8-14H2,1H3;2*1H. The van der Waals surface area contributed by atoms with E-state index in [1.54, 1.807) is 11.9 Å². The predicted molar refractivity (Wildman–Crippen MR) is 116 cm³/mol. The number of nitrogens with one attached hydrogen (secondary N) is 1. The third kappa shape index (κ3) is 5.10. The summed E-state index contributed by atoms with van der Waals surface area (Å²) in [6, 6.07) is 11.8. The summed E-state index contributed by atoms with van der Waals surface area (Å²) in [6.45, 7) is 2.60. The molecule has 2 amide bonds. The lowest BCUT2D eigenvalue weighted by atomic mass is 9.92. The van der Waals surface area contributed by atoms with E-state index in [1.165, 1.54) is 4.90 Å². The van der Waals surface area contributed by atoms with Gasteiger partial charge in [0.15, 0.2) is 0 Å². The molecule has 2 aromatic rings. The van der Waals surface area contributed by atoms with E-state index in [9.17, 15) is 9.59 Å². The van der Waals surface area contributed by atoms with Crippen molar-refractivity contribution in [2.45, 2.75) is 25.0 Å². The fourth-order valence-corrected chi connectivity index (χ4v) is 3.77. The minimum Gasteiger partial charge on any atom is -0.441 e. The van der Waals surface area contributed by atoms with Gasteiger partial charge in [-0.3, -0.25) is 14.7 Å². The van der Waals surface area contributed by atoms with Gasteiger partial charge in [0, 0.05) is 25.3 Å². The first-order valence-electron chi connectivity index (χ1n) is 9.32. The quantitative estimate of drug-likeness (QED) is 0.790. The molecule has 1 N–H and O–H groups in total. The number of carbonyl (C=O) groups is 2. The van der Waals surface area contributed by atoms with Crippen molar-refractivity contribution >= 4 is 47.7 Å². The molecule has 2 aliphatic heterocycles. The van der Waals surface area contributed by atoms with Gasteiger partial charge < -0.3 is 15.0 Å². The molecule has 7 nitrogen and oxygen atoms in total. The van der Waals surface area contributed by atoms with Crippen molar-refractivity contribution in [3.05, 3.63) is 42.1 Å². The lowest BCUT2D eigenvalue weighted by Crippen LogP contribution is -2.46. The highest BCUT2D eigenvalue weighted by Crippen LogP contribution is 2.30. The van der Waals surface area contributed by atoms with Crippen LogP contribution >= 0.6 is 24.8 Å². The van der Waals surface area contributed by atoms with Crippen LogP contribution in [0.4, 0.5) is 4.79 Å². The molecule has 3 heterocycles. The average molecular weight is 441 g/mol. The number of amides is 2. The SMILES string of the molecule is CN(Cc1ccc2ccccc2n1)C(=O)CN1CC2(CCNCC2)OC1=O.Cl.Cl. The number of halogens is 2. The number of benzene rings is 1. The van der Waals surface area contributed by atoms with E-state index in [4.69, 9.17) is 4.74 Å². The molecule has 9 heteroatoms. The first kappa shape index (κ1) is 23.2. The molecule has 0 saturated carbocycles. The summed E-state index contributed by atoms with van der Waals surface area (Å²) in [7, 11) is 1.74. The van der Waals surface area contributed by atoms with Crippen LogP contribution in [-0.4, -0.2) is 65.6 Å². The van der Waals surface area contributed by atoms with Gasteiger partial charge >= 0.3 is 6.09 Å². The summed E-state index contributed by atoms with van der Waals surface area (Å²) in [4.78, 5) is 32.6. The summed E-state index contributed by atoms with van der Waals surface area (Å²) in [5.74, 6) is -0.118. The van der Waals surface area contributed by atoms with Crippen molar-refractivity contribution in [3.63, 3.8) is 0 Å². The van der Waals surface area contributed by atoms with E-state index in [0.29, 0.717) is 13.1 Å².